The minimum absolute atomic E-state index is 0.0695. The van der Waals surface area contributed by atoms with Crippen LogP contribution >= 0.6 is 0 Å². The van der Waals surface area contributed by atoms with Crippen molar-refractivity contribution in [2.75, 3.05) is 6.61 Å². The van der Waals surface area contributed by atoms with Gasteiger partial charge < -0.3 is 14.9 Å². The highest BCUT2D eigenvalue weighted by Crippen LogP contribution is 2.33. The molecule has 17 heavy (non-hydrogen) atoms. The molecule has 3 unspecified atom stereocenters. The third-order valence-electron chi connectivity index (χ3n) is 3.67. The molecule has 2 N–H and O–H groups in total. The molecule has 1 saturated heterocycles. The van der Waals surface area contributed by atoms with E-state index in [9.17, 15) is 0 Å². The van der Waals surface area contributed by atoms with Gasteiger partial charge in [0, 0.05) is 17.9 Å². The molecule has 3 nitrogen and oxygen atoms in total. The molecule has 1 aliphatic rings. The number of para-hydroxylation sites is 1. The number of ether oxygens (including phenoxy) is 1. The first kappa shape index (κ1) is 10.8. The van der Waals surface area contributed by atoms with Crippen molar-refractivity contribution in [3.63, 3.8) is 0 Å². The Bertz CT molecular complexity index is 487. The summed E-state index contributed by atoms with van der Waals surface area (Å²) in [5.41, 5.74) is 7.19. The molecule has 0 radical (unpaired) electrons. The van der Waals surface area contributed by atoms with Gasteiger partial charge in [0.1, 0.15) is 11.3 Å². The van der Waals surface area contributed by atoms with E-state index in [2.05, 4.69) is 6.92 Å². The molecule has 2 aromatic rings. The summed E-state index contributed by atoms with van der Waals surface area (Å²) < 4.78 is 11.4. The maximum absolute atomic E-state index is 6.28. The van der Waals surface area contributed by atoms with Gasteiger partial charge in [-0.25, -0.2) is 0 Å². The van der Waals surface area contributed by atoms with E-state index in [1.165, 1.54) is 0 Å². The van der Waals surface area contributed by atoms with Gasteiger partial charge in [-0.15, -0.1) is 0 Å². The molecule has 3 atom stereocenters. The van der Waals surface area contributed by atoms with Gasteiger partial charge >= 0.3 is 0 Å². The molecule has 1 aromatic carbocycles. The van der Waals surface area contributed by atoms with E-state index in [0.29, 0.717) is 5.92 Å². The van der Waals surface area contributed by atoms with E-state index < -0.39 is 0 Å². The van der Waals surface area contributed by atoms with Gasteiger partial charge in [0.2, 0.25) is 0 Å². The van der Waals surface area contributed by atoms with Crippen LogP contribution in [0.2, 0.25) is 0 Å². The first-order valence-corrected chi connectivity index (χ1v) is 6.11. The third kappa shape index (κ3) is 1.85. The van der Waals surface area contributed by atoms with Crippen molar-refractivity contribution in [3.8, 4) is 0 Å². The third-order valence-corrected chi connectivity index (χ3v) is 3.67. The van der Waals surface area contributed by atoms with Crippen LogP contribution in [0.25, 0.3) is 11.0 Å². The molecule has 1 aliphatic heterocycles. The number of benzene rings is 1. The van der Waals surface area contributed by atoms with Crippen LogP contribution in [-0.4, -0.2) is 12.7 Å². The maximum atomic E-state index is 6.28. The average molecular weight is 231 g/mol. The van der Waals surface area contributed by atoms with Gasteiger partial charge in [0.25, 0.3) is 0 Å². The van der Waals surface area contributed by atoms with E-state index in [1.54, 1.807) is 0 Å². The van der Waals surface area contributed by atoms with E-state index in [1.807, 2.05) is 30.3 Å². The lowest BCUT2D eigenvalue weighted by Gasteiger charge is -2.19. The molecular weight excluding hydrogens is 214 g/mol. The highest BCUT2D eigenvalue weighted by Gasteiger charge is 2.32. The monoisotopic (exact) mass is 231 g/mol. The Labute approximate surface area is 101 Å². The summed E-state index contributed by atoms with van der Waals surface area (Å²) in [6.07, 6.45) is 1.23. The lowest BCUT2D eigenvalue weighted by molar-refractivity contribution is 0.0975. The smallest absolute Gasteiger partial charge is 0.134 e. The Morgan fingerprint density at radius 2 is 2.18 bits per heavy atom. The topological polar surface area (TPSA) is 48.4 Å². The molecule has 90 valence electrons. The van der Waals surface area contributed by atoms with Crippen LogP contribution in [0.3, 0.4) is 0 Å². The highest BCUT2D eigenvalue weighted by atomic mass is 16.5. The number of nitrogens with two attached hydrogens (primary N) is 1. The van der Waals surface area contributed by atoms with Crippen molar-refractivity contribution in [2.24, 2.45) is 11.7 Å². The first-order chi connectivity index (χ1) is 8.25. The molecule has 3 heteroatoms. The van der Waals surface area contributed by atoms with Crippen molar-refractivity contribution in [1.29, 1.82) is 0 Å². The Balaban J connectivity index is 1.92. The van der Waals surface area contributed by atoms with E-state index in [-0.39, 0.29) is 12.1 Å². The minimum atomic E-state index is -0.0695. The highest BCUT2D eigenvalue weighted by molar-refractivity contribution is 5.77. The Hall–Kier alpha value is -1.32. The molecule has 3 rings (SSSR count). The van der Waals surface area contributed by atoms with Gasteiger partial charge in [0.15, 0.2) is 0 Å². The number of hydrogen-bond acceptors (Lipinski definition) is 3. The second kappa shape index (κ2) is 4.17. The van der Waals surface area contributed by atoms with Gasteiger partial charge in [-0.05, 0) is 25.5 Å². The summed E-state index contributed by atoms with van der Waals surface area (Å²) in [4.78, 5) is 0. The standard InChI is InChI=1S/C14H17NO2/c1-9-11(6-7-16-9)14(15)13-8-10-4-2-3-5-12(10)17-13/h2-5,8-9,11,14H,6-7,15H2,1H3. The predicted octanol–water partition coefficient (Wildman–Crippen LogP) is 2.86. The molecule has 1 fully saturated rings. The minimum Gasteiger partial charge on any atom is -0.459 e. The van der Waals surface area contributed by atoms with E-state index in [0.717, 1.165) is 29.8 Å². The van der Waals surface area contributed by atoms with Gasteiger partial charge in [-0.1, -0.05) is 18.2 Å². The maximum Gasteiger partial charge on any atom is 0.134 e. The zero-order valence-corrected chi connectivity index (χ0v) is 9.93. The summed E-state index contributed by atoms with van der Waals surface area (Å²) in [6, 6.07) is 9.98. The Morgan fingerprint density at radius 1 is 1.35 bits per heavy atom. The number of rotatable bonds is 2. The molecule has 1 aromatic heterocycles. The van der Waals surface area contributed by atoms with Gasteiger partial charge in [-0.2, -0.15) is 0 Å². The fourth-order valence-corrected chi connectivity index (χ4v) is 2.60. The molecule has 2 heterocycles. The number of fused-ring (bicyclic) bond motifs is 1. The molecule has 0 amide bonds. The lowest BCUT2D eigenvalue weighted by Crippen LogP contribution is -2.26. The average Bonchev–Trinajstić information content (AvgIpc) is 2.93. The zero-order valence-electron chi connectivity index (χ0n) is 9.93. The summed E-state index contributed by atoms with van der Waals surface area (Å²) in [5.74, 6) is 1.23. The van der Waals surface area contributed by atoms with Crippen LogP contribution < -0.4 is 5.73 Å². The second-order valence-corrected chi connectivity index (χ2v) is 4.74. The molecule has 0 aliphatic carbocycles. The van der Waals surface area contributed by atoms with Crippen molar-refractivity contribution < 1.29 is 9.15 Å². The molecule has 0 saturated carbocycles. The van der Waals surface area contributed by atoms with Crippen LogP contribution in [0, 0.1) is 5.92 Å². The van der Waals surface area contributed by atoms with Crippen molar-refractivity contribution in [2.45, 2.75) is 25.5 Å². The SMILES string of the molecule is CC1OCCC1C(N)c1cc2ccccc2o1. The summed E-state index contributed by atoms with van der Waals surface area (Å²) in [5, 5.41) is 1.12. The van der Waals surface area contributed by atoms with Crippen molar-refractivity contribution >= 4 is 11.0 Å². The van der Waals surface area contributed by atoms with Crippen LogP contribution in [0.1, 0.15) is 25.1 Å². The zero-order chi connectivity index (χ0) is 11.8. The number of hydrogen-bond donors (Lipinski definition) is 1. The predicted molar refractivity (Wildman–Crippen MR) is 66.7 cm³/mol. The van der Waals surface area contributed by atoms with Crippen molar-refractivity contribution in [3.05, 3.63) is 36.1 Å². The van der Waals surface area contributed by atoms with Gasteiger partial charge in [-0.3, -0.25) is 0 Å². The summed E-state index contributed by atoms with van der Waals surface area (Å²) >= 11 is 0. The normalized spacial score (nSPS) is 26.5. The molecule has 0 spiro atoms. The second-order valence-electron chi connectivity index (χ2n) is 4.74. The van der Waals surface area contributed by atoms with Crippen LogP contribution in [0.5, 0.6) is 0 Å². The van der Waals surface area contributed by atoms with Crippen LogP contribution in [0.4, 0.5) is 0 Å². The van der Waals surface area contributed by atoms with E-state index >= 15 is 0 Å². The quantitative estimate of drug-likeness (QED) is 0.864. The Morgan fingerprint density at radius 3 is 2.88 bits per heavy atom. The molecular formula is C14H17NO2. The lowest BCUT2D eigenvalue weighted by atomic mass is 9.92. The van der Waals surface area contributed by atoms with Crippen LogP contribution in [-0.2, 0) is 4.74 Å². The summed E-state index contributed by atoms with van der Waals surface area (Å²) in [6.45, 7) is 2.89. The largest absolute Gasteiger partial charge is 0.459 e. The van der Waals surface area contributed by atoms with Crippen molar-refractivity contribution in [1.82, 2.24) is 0 Å². The Kier molecular flexibility index (Phi) is 2.65. The van der Waals surface area contributed by atoms with E-state index in [4.69, 9.17) is 14.9 Å². The fourth-order valence-electron chi connectivity index (χ4n) is 2.60. The molecule has 0 bridgehead atoms. The first-order valence-electron chi connectivity index (χ1n) is 6.11. The van der Waals surface area contributed by atoms with Crippen LogP contribution in [0.15, 0.2) is 34.7 Å². The number of furan rings is 1. The fraction of sp³-hybridized carbons (Fsp3) is 0.429. The summed E-state index contributed by atoms with van der Waals surface area (Å²) in [7, 11) is 0. The van der Waals surface area contributed by atoms with Gasteiger partial charge in [0.05, 0.1) is 12.1 Å².